The van der Waals surface area contributed by atoms with E-state index < -0.39 is 5.54 Å². The van der Waals surface area contributed by atoms with E-state index >= 15 is 0 Å². The number of carbonyl (C=O) groups excluding carboxylic acids is 1. The summed E-state index contributed by atoms with van der Waals surface area (Å²) in [5.74, 6) is 1.21. The van der Waals surface area contributed by atoms with E-state index in [0.29, 0.717) is 11.8 Å². The van der Waals surface area contributed by atoms with Crippen LogP contribution in [0.4, 0.5) is 0 Å². The summed E-state index contributed by atoms with van der Waals surface area (Å²) in [6.45, 7) is 7.23. The number of likely N-dealkylation sites (N-methyl/N-ethyl adjacent to an activating group) is 1. The maximum Gasteiger partial charge on any atom is 0.242 e. The van der Waals surface area contributed by atoms with Gasteiger partial charge in [0.15, 0.2) is 0 Å². The summed E-state index contributed by atoms with van der Waals surface area (Å²) in [4.78, 5) is 14.1. The van der Waals surface area contributed by atoms with Crippen molar-refractivity contribution in [2.24, 2.45) is 17.6 Å². The summed E-state index contributed by atoms with van der Waals surface area (Å²) < 4.78 is 0. The molecule has 2 unspecified atom stereocenters. The lowest BCUT2D eigenvalue weighted by atomic mass is 9.76. The van der Waals surface area contributed by atoms with Crippen molar-refractivity contribution in [3.63, 3.8) is 0 Å². The Kier molecular flexibility index (Phi) is 4.36. The van der Waals surface area contributed by atoms with Gasteiger partial charge in [-0.3, -0.25) is 4.79 Å². The van der Waals surface area contributed by atoms with Crippen LogP contribution in [0.5, 0.6) is 0 Å². The van der Waals surface area contributed by atoms with Crippen LogP contribution in [0, 0.1) is 11.8 Å². The Labute approximate surface area is 99.4 Å². The molecule has 2 atom stereocenters. The topological polar surface area (TPSA) is 46.3 Å². The number of carbonyl (C=O) groups is 1. The average molecular weight is 226 g/mol. The second-order valence-corrected chi connectivity index (χ2v) is 5.94. The molecular weight excluding hydrogens is 200 g/mol. The molecule has 0 aliphatic heterocycles. The number of nitrogens with zero attached hydrogens (tertiary/aromatic N) is 1. The van der Waals surface area contributed by atoms with Crippen molar-refractivity contribution in [2.75, 3.05) is 13.6 Å². The van der Waals surface area contributed by atoms with Crippen molar-refractivity contribution < 1.29 is 4.79 Å². The molecule has 94 valence electrons. The van der Waals surface area contributed by atoms with E-state index in [4.69, 9.17) is 5.73 Å². The molecule has 0 bridgehead atoms. The van der Waals surface area contributed by atoms with Gasteiger partial charge in [-0.2, -0.15) is 0 Å². The summed E-state index contributed by atoms with van der Waals surface area (Å²) in [5, 5.41) is 0. The fraction of sp³-hybridized carbons (Fsp3) is 0.923. The maximum absolute atomic E-state index is 12.3. The van der Waals surface area contributed by atoms with Crippen LogP contribution >= 0.6 is 0 Å². The molecule has 0 aromatic heterocycles. The van der Waals surface area contributed by atoms with Crippen molar-refractivity contribution in [3.05, 3.63) is 0 Å². The molecule has 0 aromatic rings. The molecule has 0 saturated heterocycles. The molecule has 0 radical (unpaired) electrons. The highest BCUT2D eigenvalue weighted by molar-refractivity contribution is 5.86. The number of nitrogens with two attached hydrogens (primary N) is 1. The second-order valence-electron chi connectivity index (χ2n) is 5.94. The van der Waals surface area contributed by atoms with Crippen LogP contribution in [0.3, 0.4) is 0 Å². The Hall–Kier alpha value is -0.570. The Balaban J connectivity index is 2.63. The molecule has 1 rings (SSSR count). The zero-order valence-corrected chi connectivity index (χ0v) is 11.1. The van der Waals surface area contributed by atoms with Gasteiger partial charge in [-0.15, -0.1) is 0 Å². The predicted octanol–water partition coefficient (Wildman–Crippen LogP) is 2.01. The predicted molar refractivity (Wildman–Crippen MR) is 67.0 cm³/mol. The SMILES string of the molecule is CC(C)CN(C)C(=O)C1(N)CCCC(C)C1. The molecule has 16 heavy (non-hydrogen) atoms. The standard InChI is InChI=1S/C13H26N2O/c1-10(2)9-15(4)12(16)13(14)7-5-6-11(3)8-13/h10-11H,5-9,14H2,1-4H3. The van der Waals surface area contributed by atoms with Gasteiger partial charge < -0.3 is 10.6 Å². The fourth-order valence-corrected chi connectivity index (χ4v) is 2.80. The third-order valence-electron chi connectivity index (χ3n) is 3.44. The Morgan fingerprint density at radius 2 is 2.19 bits per heavy atom. The average Bonchev–Trinajstić information content (AvgIpc) is 2.15. The molecule has 0 heterocycles. The molecule has 1 amide bonds. The first-order chi connectivity index (χ1) is 7.35. The molecule has 3 nitrogen and oxygen atoms in total. The van der Waals surface area contributed by atoms with E-state index in [0.717, 1.165) is 25.8 Å². The van der Waals surface area contributed by atoms with Crippen LogP contribution in [0.2, 0.25) is 0 Å². The van der Waals surface area contributed by atoms with Gasteiger partial charge in [0.2, 0.25) is 5.91 Å². The zero-order valence-electron chi connectivity index (χ0n) is 11.1. The van der Waals surface area contributed by atoms with Crippen LogP contribution in [0.1, 0.15) is 46.5 Å². The van der Waals surface area contributed by atoms with Gasteiger partial charge in [-0.05, 0) is 24.7 Å². The normalized spacial score (nSPS) is 30.5. The van der Waals surface area contributed by atoms with Crippen LogP contribution in [-0.2, 0) is 4.79 Å². The summed E-state index contributed by atoms with van der Waals surface area (Å²) in [5.41, 5.74) is 5.68. The van der Waals surface area contributed by atoms with Crippen molar-refractivity contribution in [2.45, 2.75) is 52.0 Å². The molecule has 2 N–H and O–H groups in total. The van der Waals surface area contributed by atoms with E-state index in [1.807, 2.05) is 11.9 Å². The van der Waals surface area contributed by atoms with Gasteiger partial charge in [-0.1, -0.05) is 33.6 Å². The molecule has 0 aromatic carbocycles. The fourth-order valence-electron chi connectivity index (χ4n) is 2.80. The van der Waals surface area contributed by atoms with Gasteiger partial charge >= 0.3 is 0 Å². The minimum Gasteiger partial charge on any atom is -0.344 e. The second kappa shape index (κ2) is 5.17. The van der Waals surface area contributed by atoms with E-state index in [1.54, 1.807) is 0 Å². The van der Waals surface area contributed by atoms with E-state index in [1.165, 1.54) is 6.42 Å². The largest absolute Gasteiger partial charge is 0.344 e. The molecule has 0 spiro atoms. The smallest absolute Gasteiger partial charge is 0.242 e. The lowest BCUT2D eigenvalue weighted by molar-refractivity contribution is -0.138. The van der Waals surface area contributed by atoms with Crippen LogP contribution < -0.4 is 5.73 Å². The third-order valence-corrected chi connectivity index (χ3v) is 3.44. The van der Waals surface area contributed by atoms with Gasteiger partial charge in [-0.25, -0.2) is 0 Å². The quantitative estimate of drug-likeness (QED) is 0.800. The number of rotatable bonds is 3. The van der Waals surface area contributed by atoms with Gasteiger partial charge in [0.1, 0.15) is 0 Å². The highest BCUT2D eigenvalue weighted by Gasteiger charge is 2.39. The summed E-state index contributed by atoms with van der Waals surface area (Å²) in [6.07, 6.45) is 3.98. The molecule has 1 fully saturated rings. The molecule has 1 aliphatic rings. The van der Waals surface area contributed by atoms with Crippen LogP contribution in [0.25, 0.3) is 0 Å². The van der Waals surface area contributed by atoms with Crippen LogP contribution in [-0.4, -0.2) is 29.9 Å². The third kappa shape index (κ3) is 3.21. The number of hydrogen-bond acceptors (Lipinski definition) is 2. The minimum absolute atomic E-state index is 0.132. The van der Waals surface area contributed by atoms with Crippen molar-refractivity contribution in [1.82, 2.24) is 4.90 Å². The van der Waals surface area contributed by atoms with E-state index in [9.17, 15) is 4.79 Å². The molecular formula is C13H26N2O. The summed E-state index contributed by atoms with van der Waals surface area (Å²) >= 11 is 0. The molecule has 1 aliphatic carbocycles. The summed E-state index contributed by atoms with van der Waals surface area (Å²) in [6, 6.07) is 0. The first-order valence-electron chi connectivity index (χ1n) is 6.39. The molecule has 1 saturated carbocycles. The van der Waals surface area contributed by atoms with E-state index in [-0.39, 0.29) is 5.91 Å². The van der Waals surface area contributed by atoms with Gasteiger partial charge in [0.25, 0.3) is 0 Å². The number of hydrogen-bond donors (Lipinski definition) is 1. The highest BCUT2D eigenvalue weighted by atomic mass is 16.2. The van der Waals surface area contributed by atoms with Gasteiger partial charge in [0, 0.05) is 13.6 Å². The maximum atomic E-state index is 12.3. The van der Waals surface area contributed by atoms with Crippen molar-refractivity contribution in [3.8, 4) is 0 Å². The van der Waals surface area contributed by atoms with Crippen molar-refractivity contribution >= 4 is 5.91 Å². The Morgan fingerprint density at radius 1 is 1.56 bits per heavy atom. The lowest BCUT2D eigenvalue weighted by Crippen LogP contribution is -2.57. The monoisotopic (exact) mass is 226 g/mol. The van der Waals surface area contributed by atoms with Crippen molar-refractivity contribution in [1.29, 1.82) is 0 Å². The summed E-state index contributed by atoms with van der Waals surface area (Å²) in [7, 11) is 1.87. The highest BCUT2D eigenvalue weighted by Crippen LogP contribution is 2.31. The zero-order chi connectivity index (χ0) is 12.3. The van der Waals surface area contributed by atoms with Gasteiger partial charge in [0.05, 0.1) is 5.54 Å². The molecule has 3 heteroatoms. The first kappa shape index (κ1) is 13.5. The lowest BCUT2D eigenvalue weighted by Gasteiger charge is -2.38. The number of amides is 1. The Morgan fingerprint density at radius 3 is 2.69 bits per heavy atom. The van der Waals surface area contributed by atoms with Crippen LogP contribution in [0.15, 0.2) is 0 Å². The first-order valence-corrected chi connectivity index (χ1v) is 6.39. The Bertz CT molecular complexity index is 252. The minimum atomic E-state index is -0.596. The van der Waals surface area contributed by atoms with E-state index in [2.05, 4.69) is 20.8 Å².